The summed E-state index contributed by atoms with van der Waals surface area (Å²) in [7, 11) is 1.65. The van der Waals surface area contributed by atoms with Crippen molar-refractivity contribution in [2.24, 2.45) is 0 Å². The maximum absolute atomic E-state index is 11.3. The molecule has 12 heteroatoms. The first-order chi connectivity index (χ1) is 24.8. The monoisotopic (exact) mass is 741 g/mol. The Balaban J connectivity index is 1.16. The number of thiophene rings is 4. The minimum absolute atomic E-state index is 0.0450. The lowest BCUT2D eigenvalue weighted by Gasteiger charge is -2.26. The Morgan fingerprint density at radius 3 is 1.57 bits per heavy atom. The highest BCUT2D eigenvalue weighted by Gasteiger charge is 2.16. The van der Waals surface area contributed by atoms with E-state index in [1.54, 1.807) is 41.9 Å². The molecule has 0 saturated heterocycles. The lowest BCUT2D eigenvalue weighted by atomic mass is 10.1. The van der Waals surface area contributed by atoms with E-state index in [0.717, 1.165) is 72.2 Å². The Bertz CT molecular complexity index is 2500. The second-order valence-electron chi connectivity index (χ2n) is 10.9. The number of benzene rings is 3. The molecule has 0 aliphatic rings. The average molecular weight is 742 g/mol. The van der Waals surface area contributed by atoms with Gasteiger partial charge in [-0.1, -0.05) is 24.3 Å². The molecule has 51 heavy (non-hydrogen) atoms. The van der Waals surface area contributed by atoms with Crippen molar-refractivity contribution in [1.82, 2.24) is 0 Å². The van der Waals surface area contributed by atoms with Crippen molar-refractivity contribution in [3.05, 3.63) is 118 Å². The van der Waals surface area contributed by atoms with E-state index in [1.165, 1.54) is 28.7 Å². The molecule has 4 heterocycles. The number of carbonyl (C=O) groups excluding carboxylic acids is 1. The van der Waals surface area contributed by atoms with Gasteiger partial charge in [0.15, 0.2) is 0 Å². The molecule has 0 bridgehead atoms. The molecule has 0 aliphatic carbocycles. The largest absolute Gasteiger partial charge is 0.497 e. The zero-order valence-corrected chi connectivity index (χ0v) is 29.8. The molecular formula is C39H23N3O5S4. The fourth-order valence-corrected chi connectivity index (χ4v) is 10.1. The predicted octanol–water partition coefficient (Wildman–Crippen LogP) is 11.1. The summed E-state index contributed by atoms with van der Waals surface area (Å²) in [5.41, 5.74) is 4.79. The highest BCUT2D eigenvalue weighted by Crippen LogP contribution is 2.43. The minimum Gasteiger partial charge on any atom is -0.497 e. The van der Waals surface area contributed by atoms with Crippen LogP contribution in [0.4, 0.5) is 17.1 Å². The number of hydrogen-bond acceptors (Lipinski definition) is 11. The second kappa shape index (κ2) is 14.5. The van der Waals surface area contributed by atoms with E-state index in [4.69, 9.17) is 20.0 Å². The third kappa shape index (κ3) is 7.03. The molecule has 8 nitrogen and oxygen atoms in total. The Morgan fingerprint density at radius 1 is 0.686 bits per heavy atom. The number of allylic oxidation sites excluding steroid dienone is 1. The van der Waals surface area contributed by atoms with Crippen LogP contribution >= 0.6 is 45.3 Å². The maximum atomic E-state index is 11.3. The zero-order valence-electron chi connectivity index (χ0n) is 26.5. The number of carbonyl (C=O) groups is 2. The number of aliphatic carboxylic acids is 1. The Morgan fingerprint density at radius 2 is 1.16 bits per heavy atom. The summed E-state index contributed by atoms with van der Waals surface area (Å²) in [5, 5.41) is 27.5. The zero-order chi connectivity index (χ0) is 35.5. The molecule has 0 fully saturated rings. The van der Waals surface area contributed by atoms with Gasteiger partial charge >= 0.3 is 5.97 Å². The topological polar surface area (TPSA) is 124 Å². The third-order valence-electron chi connectivity index (χ3n) is 7.80. The fraction of sp³-hybridized carbons (Fsp3) is 0.0256. The molecule has 0 spiro atoms. The number of carboxylic acids is 1. The van der Waals surface area contributed by atoms with Gasteiger partial charge in [-0.05, 0) is 90.0 Å². The molecule has 0 amide bonds. The first-order valence-electron chi connectivity index (χ1n) is 15.1. The van der Waals surface area contributed by atoms with E-state index in [-0.39, 0.29) is 17.8 Å². The summed E-state index contributed by atoms with van der Waals surface area (Å²) in [6, 6.07) is 36.5. The Kier molecular flexibility index (Phi) is 9.49. The molecule has 1 N–H and O–H groups in total. The summed E-state index contributed by atoms with van der Waals surface area (Å²) in [6.45, 7) is 0.252. The van der Waals surface area contributed by atoms with Crippen LogP contribution in [0.15, 0.2) is 108 Å². The van der Waals surface area contributed by atoms with Gasteiger partial charge in [0.2, 0.25) is 5.76 Å². The van der Waals surface area contributed by atoms with Gasteiger partial charge in [0.1, 0.15) is 23.5 Å². The molecule has 0 aliphatic heterocycles. The van der Waals surface area contributed by atoms with E-state index < -0.39 is 5.97 Å². The number of nitriles is 2. The van der Waals surface area contributed by atoms with E-state index in [2.05, 4.69) is 65.6 Å². The first kappa shape index (κ1) is 33.5. The molecule has 7 aromatic rings. The summed E-state index contributed by atoms with van der Waals surface area (Å²) < 4.78 is 14.4. The van der Waals surface area contributed by atoms with Crippen molar-refractivity contribution >= 4 is 106 Å². The van der Waals surface area contributed by atoms with E-state index in [9.17, 15) is 14.7 Å². The van der Waals surface area contributed by atoms with Crippen LogP contribution in [0.2, 0.25) is 0 Å². The number of nitrogens with zero attached hydrogens (tertiary/aromatic N) is 3. The number of ether oxygens (including phenoxy) is 2. The van der Waals surface area contributed by atoms with Crippen LogP contribution in [0, 0.1) is 22.7 Å². The minimum atomic E-state index is -1.23. The van der Waals surface area contributed by atoms with Crippen LogP contribution in [-0.4, -0.2) is 24.7 Å². The Hall–Kier alpha value is -6.02. The number of fused-ring (bicyclic) bond motifs is 2. The lowest BCUT2D eigenvalue weighted by Crippen LogP contribution is -2.09. The summed E-state index contributed by atoms with van der Waals surface area (Å²) >= 11 is 6.27. The molecule has 0 radical (unpaired) electrons. The van der Waals surface area contributed by atoms with Gasteiger partial charge in [0.25, 0.3) is 6.47 Å². The molecule has 0 unspecified atom stereocenters. The van der Waals surface area contributed by atoms with Gasteiger partial charge in [-0.15, -0.1) is 45.3 Å². The standard InChI is InChI=1S/C39H23N3O5S4/c1-46-29-12-10-28(11-13-29)42(26-6-2-23(3-7-26)33-18-37-35(50-33)16-31(48-37)14-25(20-40)39(44)45)27-8-4-24(5-9-27)34-19-38-36(51-34)17-32(49-38)15-30(21-41)47-22-43/h2-19,22H,1H3,(H,44,45). The van der Waals surface area contributed by atoms with Gasteiger partial charge in [-0.25, -0.2) is 4.79 Å². The van der Waals surface area contributed by atoms with Gasteiger partial charge < -0.3 is 19.5 Å². The molecule has 3 aromatic carbocycles. The quantitative estimate of drug-likeness (QED) is 0.0601. The van der Waals surface area contributed by atoms with Gasteiger partial charge in [-0.3, -0.25) is 4.79 Å². The number of rotatable bonds is 11. The van der Waals surface area contributed by atoms with E-state index in [1.807, 2.05) is 42.5 Å². The van der Waals surface area contributed by atoms with E-state index in [0.29, 0.717) is 0 Å². The molecular weight excluding hydrogens is 719 g/mol. The van der Waals surface area contributed by atoms with Crippen LogP contribution in [0.5, 0.6) is 5.75 Å². The first-order valence-corrected chi connectivity index (χ1v) is 18.4. The molecule has 0 saturated carbocycles. The van der Waals surface area contributed by atoms with Crippen molar-refractivity contribution in [1.29, 1.82) is 10.5 Å². The number of methoxy groups -OCH3 is 1. The van der Waals surface area contributed by atoms with Crippen molar-refractivity contribution in [3.8, 4) is 38.8 Å². The highest BCUT2D eigenvalue weighted by molar-refractivity contribution is 7.30. The third-order valence-corrected chi connectivity index (χ3v) is 12.4. The van der Waals surface area contributed by atoms with Crippen molar-refractivity contribution < 1.29 is 24.2 Å². The number of carboxylic acid groups (broad SMARTS) is 1. The smallest absolute Gasteiger partial charge is 0.346 e. The van der Waals surface area contributed by atoms with E-state index >= 15 is 0 Å². The van der Waals surface area contributed by atoms with Crippen LogP contribution < -0.4 is 9.64 Å². The van der Waals surface area contributed by atoms with Crippen molar-refractivity contribution in [3.63, 3.8) is 0 Å². The summed E-state index contributed by atoms with van der Waals surface area (Å²) in [5.74, 6) is -0.512. The highest BCUT2D eigenvalue weighted by atomic mass is 32.1. The van der Waals surface area contributed by atoms with Crippen LogP contribution in [0.25, 0.3) is 51.8 Å². The van der Waals surface area contributed by atoms with Gasteiger partial charge in [0, 0.05) is 61.4 Å². The predicted molar refractivity (Wildman–Crippen MR) is 207 cm³/mol. The van der Waals surface area contributed by atoms with Crippen LogP contribution in [0.1, 0.15) is 9.75 Å². The molecule has 7 rings (SSSR count). The van der Waals surface area contributed by atoms with Gasteiger partial charge in [-0.2, -0.15) is 10.5 Å². The van der Waals surface area contributed by atoms with Crippen LogP contribution in [-0.2, 0) is 14.3 Å². The maximum Gasteiger partial charge on any atom is 0.346 e. The molecule has 4 aromatic heterocycles. The lowest BCUT2D eigenvalue weighted by molar-refractivity contribution is -0.132. The van der Waals surface area contributed by atoms with Crippen molar-refractivity contribution in [2.75, 3.05) is 12.0 Å². The fourth-order valence-electron chi connectivity index (χ4n) is 5.42. The summed E-state index contributed by atoms with van der Waals surface area (Å²) in [4.78, 5) is 27.9. The van der Waals surface area contributed by atoms with Crippen molar-refractivity contribution in [2.45, 2.75) is 0 Å². The van der Waals surface area contributed by atoms with Gasteiger partial charge in [0.05, 0.1) is 7.11 Å². The molecule has 0 atom stereocenters. The summed E-state index contributed by atoms with van der Waals surface area (Å²) in [6.07, 6.45) is 2.98. The average Bonchev–Trinajstić information content (AvgIpc) is 3.92. The molecule has 248 valence electrons. The van der Waals surface area contributed by atoms with Crippen LogP contribution in [0.3, 0.4) is 0 Å². The SMILES string of the molecule is COc1ccc(N(c2ccc(-c3cc4sc(C=C(C#N)OC=O)cc4s3)cc2)c2ccc(-c3cc4sc(C=C(C#N)C(=O)O)cc4s3)cc2)cc1. The second-order valence-corrected chi connectivity index (χ2v) is 15.3. The normalized spacial score (nSPS) is 11.7. The number of hydrogen-bond donors (Lipinski definition) is 1. The number of anilines is 3. The Labute approximate surface area is 307 Å².